The molecule has 124 valence electrons. The molecule has 23 heavy (non-hydrogen) atoms. The minimum Gasteiger partial charge on any atom is -0.317 e. The van der Waals surface area contributed by atoms with Gasteiger partial charge in [0.2, 0.25) is 0 Å². The number of nitrogens with one attached hydrogen (secondary N) is 2. The largest absolute Gasteiger partial charge is 0.317 e. The van der Waals surface area contributed by atoms with E-state index in [1.54, 1.807) is 0 Å². The first-order valence-corrected chi connectivity index (χ1v) is 8.56. The molecular weight excluding hydrogens is 288 g/mol. The summed E-state index contributed by atoms with van der Waals surface area (Å²) in [5.41, 5.74) is 0.730. The van der Waals surface area contributed by atoms with Gasteiger partial charge < -0.3 is 10.3 Å². The molecule has 1 aromatic carbocycles. The van der Waals surface area contributed by atoms with Crippen LogP contribution in [0.25, 0.3) is 10.9 Å². The van der Waals surface area contributed by atoms with Gasteiger partial charge >= 0.3 is 0 Å². The van der Waals surface area contributed by atoms with Crippen LogP contribution in [0.3, 0.4) is 0 Å². The standard InChI is InChI=1S/C18H26N4O/c1-13(2)22(11-14-7-9-19-10-8-14)12-17-20-16-6-4-3-5-15(16)18(23)21-17/h3-6,13-14,19H,7-12H2,1-2H3,(H,20,21,23). The Labute approximate surface area is 137 Å². The molecule has 2 aromatic rings. The lowest BCUT2D eigenvalue weighted by atomic mass is 9.97. The summed E-state index contributed by atoms with van der Waals surface area (Å²) in [6.07, 6.45) is 2.45. The number of aromatic nitrogens is 2. The molecule has 0 aliphatic carbocycles. The van der Waals surface area contributed by atoms with Gasteiger partial charge in [0, 0.05) is 12.6 Å². The van der Waals surface area contributed by atoms with Crippen LogP contribution in [0.15, 0.2) is 29.1 Å². The summed E-state index contributed by atoms with van der Waals surface area (Å²) in [4.78, 5) is 22.2. The van der Waals surface area contributed by atoms with Gasteiger partial charge in [-0.25, -0.2) is 4.98 Å². The minimum absolute atomic E-state index is 0.0452. The molecule has 2 heterocycles. The zero-order chi connectivity index (χ0) is 16.2. The van der Waals surface area contributed by atoms with Crippen LogP contribution < -0.4 is 10.9 Å². The van der Waals surface area contributed by atoms with E-state index >= 15 is 0 Å². The Morgan fingerprint density at radius 3 is 2.74 bits per heavy atom. The lowest BCUT2D eigenvalue weighted by Crippen LogP contribution is -2.39. The van der Waals surface area contributed by atoms with Crippen molar-refractivity contribution >= 4 is 10.9 Å². The summed E-state index contributed by atoms with van der Waals surface area (Å²) in [5.74, 6) is 1.49. The molecule has 2 N–H and O–H groups in total. The maximum Gasteiger partial charge on any atom is 0.258 e. The third-order valence-corrected chi connectivity index (χ3v) is 4.70. The second-order valence-electron chi connectivity index (χ2n) is 6.75. The average molecular weight is 314 g/mol. The topological polar surface area (TPSA) is 61.0 Å². The number of hydrogen-bond acceptors (Lipinski definition) is 4. The number of hydrogen-bond donors (Lipinski definition) is 2. The highest BCUT2D eigenvalue weighted by Gasteiger charge is 2.20. The van der Waals surface area contributed by atoms with E-state index in [0.29, 0.717) is 18.0 Å². The molecule has 0 saturated carbocycles. The third kappa shape index (κ3) is 3.98. The number of para-hydroxylation sites is 1. The lowest BCUT2D eigenvalue weighted by molar-refractivity contribution is 0.158. The highest BCUT2D eigenvalue weighted by molar-refractivity contribution is 5.77. The molecule has 0 spiro atoms. The van der Waals surface area contributed by atoms with Gasteiger partial charge in [0.15, 0.2) is 0 Å². The molecule has 1 aliphatic rings. The Morgan fingerprint density at radius 2 is 2.00 bits per heavy atom. The van der Waals surface area contributed by atoms with Crippen molar-refractivity contribution in [2.24, 2.45) is 5.92 Å². The fourth-order valence-corrected chi connectivity index (χ4v) is 3.26. The minimum atomic E-state index is -0.0452. The summed E-state index contributed by atoms with van der Waals surface area (Å²) < 4.78 is 0. The van der Waals surface area contributed by atoms with Crippen molar-refractivity contribution in [2.75, 3.05) is 19.6 Å². The zero-order valence-electron chi connectivity index (χ0n) is 14.0. The van der Waals surface area contributed by atoms with Crippen LogP contribution in [0.5, 0.6) is 0 Å². The average Bonchev–Trinajstić information content (AvgIpc) is 2.55. The molecule has 1 aromatic heterocycles. The van der Waals surface area contributed by atoms with E-state index in [-0.39, 0.29) is 5.56 Å². The Kier molecular flexibility index (Phi) is 5.08. The van der Waals surface area contributed by atoms with E-state index in [4.69, 9.17) is 0 Å². The van der Waals surface area contributed by atoms with Gasteiger partial charge in [0.25, 0.3) is 5.56 Å². The molecule has 0 bridgehead atoms. The number of H-pyrrole nitrogens is 1. The normalized spacial score (nSPS) is 16.5. The van der Waals surface area contributed by atoms with Crippen molar-refractivity contribution in [3.8, 4) is 0 Å². The first-order chi connectivity index (χ1) is 11.1. The summed E-state index contributed by atoms with van der Waals surface area (Å²) in [6, 6.07) is 7.95. The van der Waals surface area contributed by atoms with Gasteiger partial charge in [-0.1, -0.05) is 12.1 Å². The monoisotopic (exact) mass is 314 g/mol. The van der Waals surface area contributed by atoms with Crippen LogP contribution in [0, 0.1) is 5.92 Å². The Bertz CT molecular complexity index is 703. The number of aromatic amines is 1. The Balaban J connectivity index is 1.78. The van der Waals surface area contributed by atoms with Gasteiger partial charge in [0.1, 0.15) is 5.82 Å². The van der Waals surface area contributed by atoms with Crippen LogP contribution >= 0.6 is 0 Å². The molecule has 5 heteroatoms. The lowest BCUT2D eigenvalue weighted by Gasteiger charge is -2.32. The third-order valence-electron chi connectivity index (χ3n) is 4.70. The summed E-state index contributed by atoms with van der Waals surface area (Å²) >= 11 is 0. The summed E-state index contributed by atoms with van der Waals surface area (Å²) in [5, 5.41) is 4.07. The van der Waals surface area contributed by atoms with Crippen LogP contribution in [-0.2, 0) is 6.54 Å². The van der Waals surface area contributed by atoms with E-state index < -0.39 is 0 Å². The van der Waals surface area contributed by atoms with E-state index in [0.717, 1.165) is 36.9 Å². The van der Waals surface area contributed by atoms with Crippen LogP contribution in [-0.4, -0.2) is 40.5 Å². The van der Waals surface area contributed by atoms with Crippen molar-refractivity contribution in [3.63, 3.8) is 0 Å². The maximum atomic E-state index is 12.2. The first kappa shape index (κ1) is 16.1. The van der Waals surface area contributed by atoms with Crippen molar-refractivity contribution < 1.29 is 0 Å². The molecule has 0 amide bonds. The SMILES string of the molecule is CC(C)N(Cc1nc2ccccc2c(=O)[nH]1)CC1CCNCC1. The molecule has 0 radical (unpaired) electrons. The molecule has 5 nitrogen and oxygen atoms in total. The molecule has 1 fully saturated rings. The Morgan fingerprint density at radius 1 is 1.26 bits per heavy atom. The second-order valence-corrected chi connectivity index (χ2v) is 6.75. The van der Waals surface area contributed by atoms with Crippen LogP contribution in [0.4, 0.5) is 0 Å². The van der Waals surface area contributed by atoms with Crippen molar-refractivity contribution in [1.82, 2.24) is 20.2 Å². The smallest absolute Gasteiger partial charge is 0.258 e. The van der Waals surface area contributed by atoms with Gasteiger partial charge in [0.05, 0.1) is 17.4 Å². The van der Waals surface area contributed by atoms with Crippen molar-refractivity contribution in [3.05, 3.63) is 40.4 Å². The summed E-state index contributed by atoms with van der Waals surface area (Å²) in [6.45, 7) is 8.40. The van der Waals surface area contributed by atoms with E-state index in [9.17, 15) is 4.79 Å². The number of piperidine rings is 1. The zero-order valence-corrected chi connectivity index (χ0v) is 14.0. The molecular formula is C18H26N4O. The van der Waals surface area contributed by atoms with E-state index in [2.05, 4.69) is 34.0 Å². The Hall–Kier alpha value is -1.72. The summed E-state index contributed by atoms with van der Waals surface area (Å²) in [7, 11) is 0. The van der Waals surface area contributed by atoms with E-state index in [1.165, 1.54) is 12.8 Å². The van der Waals surface area contributed by atoms with Gasteiger partial charge in [-0.15, -0.1) is 0 Å². The van der Waals surface area contributed by atoms with Crippen LogP contribution in [0.2, 0.25) is 0 Å². The van der Waals surface area contributed by atoms with Crippen molar-refractivity contribution in [1.29, 1.82) is 0 Å². The maximum absolute atomic E-state index is 12.2. The fraction of sp³-hybridized carbons (Fsp3) is 0.556. The highest BCUT2D eigenvalue weighted by atomic mass is 16.1. The highest BCUT2D eigenvalue weighted by Crippen LogP contribution is 2.17. The molecule has 3 rings (SSSR count). The van der Waals surface area contributed by atoms with Crippen LogP contribution in [0.1, 0.15) is 32.5 Å². The molecule has 0 atom stereocenters. The molecule has 0 unspecified atom stereocenters. The number of nitrogens with zero attached hydrogens (tertiary/aromatic N) is 2. The van der Waals surface area contributed by atoms with Gasteiger partial charge in [-0.3, -0.25) is 9.69 Å². The predicted octanol–water partition coefficient (Wildman–Crippen LogP) is 2.13. The quantitative estimate of drug-likeness (QED) is 0.887. The number of rotatable bonds is 5. The number of fused-ring (bicyclic) bond motifs is 1. The second kappa shape index (κ2) is 7.23. The number of benzene rings is 1. The molecule has 1 aliphatic heterocycles. The molecule has 1 saturated heterocycles. The van der Waals surface area contributed by atoms with Crippen molar-refractivity contribution in [2.45, 2.75) is 39.3 Å². The van der Waals surface area contributed by atoms with E-state index in [1.807, 2.05) is 24.3 Å². The first-order valence-electron chi connectivity index (χ1n) is 8.56. The fourth-order valence-electron chi connectivity index (χ4n) is 3.26. The van der Waals surface area contributed by atoms with Gasteiger partial charge in [-0.2, -0.15) is 0 Å². The predicted molar refractivity (Wildman–Crippen MR) is 93.5 cm³/mol. The van der Waals surface area contributed by atoms with Gasteiger partial charge in [-0.05, 0) is 57.8 Å².